The first kappa shape index (κ1) is 18.8. The van der Waals surface area contributed by atoms with Gasteiger partial charge in [-0.3, -0.25) is 0 Å². The molecule has 3 heterocycles. The Kier molecular flexibility index (Phi) is 5.09. The van der Waals surface area contributed by atoms with Gasteiger partial charge in [0.05, 0.1) is 5.39 Å². The van der Waals surface area contributed by atoms with Gasteiger partial charge in [0.25, 0.3) is 0 Å². The summed E-state index contributed by atoms with van der Waals surface area (Å²) in [6.07, 6.45) is 4.94. The number of hydrogen-bond donors (Lipinski definition) is 1. The molecule has 0 saturated carbocycles. The second kappa shape index (κ2) is 7.88. The number of hydrogen-bond acceptors (Lipinski definition) is 5. The molecule has 2 aliphatic rings. The molecule has 0 spiro atoms. The minimum Gasteiger partial charge on any atom is -0.352 e. The number of nitrogens with one attached hydrogen (secondary N) is 1. The van der Waals surface area contributed by atoms with Crippen LogP contribution >= 0.6 is 23.6 Å². The largest absolute Gasteiger partial charge is 0.352 e. The van der Waals surface area contributed by atoms with Gasteiger partial charge in [0, 0.05) is 36.7 Å². The van der Waals surface area contributed by atoms with Gasteiger partial charge in [-0.2, -0.15) is 0 Å². The number of piperazine rings is 1. The number of nitrogens with zero attached hydrogens (tertiary/aromatic N) is 4. The van der Waals surface area contributed by atoms with Crippen molar-refractivity contribution in [3.05, 3.63) is 46.6 Å². The van der Waals surface area contributed by atoms with Crippen LogP contribution in [0.15, 0.2) is 30.3 Å². The summed E-state index contributed by atoms with van der Waals surface area (Å²) in [6.45, 7) is 5.65. The summed E-state index contributed by atoms with van der Waals surface area (Å²) in [6, 6.07) is 10.1. The van der Waals surface area contributed by atoms with Crippen molar-refractivity contribution < 1.29 is 0 Å². The fourth-order valence-corrected chi connectivity index (χ4v) is 5.92. The van der Waals surface area contributed by atoms with E-state index in [2.05, 4.69) is 15.1 Å². The summed E-state index contributed by atoms with van der Waals surface area (Å²) in [5.41, 5.74) is 2.55. The molecule has 1 aliphatic carbocycles. The molecule has 0 bridgehead atoms. The first-order valence-electron chi connectivity index (χ1n) is 10.3. The SMILES string of the molecule is Cc1nc(N2CCN(C(=S)Nc3ccccc3)CC2)c2c3c(sc2n1)CCCC3. The third-order valence-corrected chi connectivity index (χ3v) is 7.34. The Morgan fingerprint density at radius 3 is 2.59 bits per heavy atom. The third kappa shape index (κ3) is 3.69. The van der Waals surface area contributed by atoms with Crippen molar-refractivity contribution >= 4 is 50.4 Å². The van der Waals surface area contributed by atoms with Crippen LogP contribution < -0.4 is 10.2 Å². The highest BCUT2D eigenvalue weighted by Gasteiger charge is 2.26. The standard InChI is InChI=1S/C22H25N5S2/c1-15-23-20(19-17-9-5-6-10-18(17)29-21(19)24-15)26-11-13-27(14-12-26)22(28)25-16-7-3-2-4-8-16/h2-4,7-8H,5-6,9-14H2,1H3,(H,25,28). The Morgan fingerprint density at radius 1 is 1.03 bits per heavy atom. The lowest BCUT2D eigenvalue weighted by molar-refractivity contribution is 0.390. The lowest BCUT2D eigenvalue weighted by Gasteiger charge is -2.37. The van der Waals surface area contributed by atoms with Crippen molar-refractivity contribution in [1.82, 2.24) is 14.9 Å². The van der Waals surface area contributed by atoms with Crippen molar-refractivity contribution in [1.29, 1.82) is 0 Å². The van der Waals surface area contributed by atoms with Gasteiger partial charge >= 0.3 is 0 Å². The lowest BCUT2D eigenvalue weighted by atomic mass is 9.97. The molecule has 1 saturated heterocycles. The number of thiophene rings is 1. The van der Waals surface area contributed by atoms with Crippen molar-refractivity contribution in [3.8, 4) is 0 Å². The van der Waals surface area contributed by atoms with Crippen LogP contribution in [0.1, 0.15) is 29.1 Å². The van der Waals surface area contributed by atoms with Gasteiger partial charge in [-0.15, -0.1) is 11.3 Å². The van der Waals surface area contributed by atoms with E-state index in [0.29, 0.717) is 0 Å². The number of thiocarbonyl (C=S) groups is 1. The number of fused-ring (bicyclic) bond motifs is 3. The molecule has 1 aliphatic heterocycles. The van der Waals surface area contributed by atoms with Crippen LogP contribution in [0.5, 0.6) is 0 Å². The fraction of sp³-hybridized carbons (Fsp3) is 0.409. The number of rotatable bonds is 2. The Balaban J connectivity index is 1.35. The summed E-state index contributed by atoms with van der Waals surface area (Å²) in [7, 11) is 0. The molecule has 29 heavy (non-hydrogen) atoms. The van der Waals surface area contributed by atoms with E-state index < -0.39 is 0 Å². The molecule has 7 heteroatoms. The number of anilines is 2. The maximum absolute atomic E-state index is 5.65. The van der Waals surface area contributed by atoms with Gasteiger partial charge in [0.15, 0.2) is 5.11 Å². The number of aryl methyl sites for hydroxylation is 3. The molecule has 2 aromatic heterocycles. The highest BCUT2D eigenvalue weighted by molar-refractivity contribution is 7.80. The van der Waals surface area contributed by atoms with E-state index in [0.717, 1.165) is 48.6 Å². The van der Waals surface area contributed by atoms with E-state index in [1.807, 2.05) is 48.6 Å². The molecule has 0 amide bonds. The zero-order valence-corrected chi connectivity index (χ0v) is 18.3. The van der Waals surface area contributed by atoms with Crippen LogP contribution in [0.4, 0.5) is 11.5 Å². The topological polar surface area (TPSA) is 44.3 Å². The van der Waals surface area contributed by atoms with Crippen molar-refractivity contribution in [2.75, 3.05) is 36.4 Å². The number of para-hydroxylation sites is 1. The molecule has 1 fully saturated rings. The minimum atomic E-state index is 0.799. The second-order valence-electron chi connectivity index (χ2n) is 7.76. The smallest absolute Gasteiger partial charge is 0.173 e. The fourth-order valence-electron chi connectivity index (χ4n) is 4.32. The van der Waals surface area contributed by atoms with Gasteiger partial charge in [-0.1, -0.05) is 18.2 Å². The van der Waals surface area contributed by atoms with Crippen LogP contribution in [-0.4, -0.2) is 46.2 Å². The van der Waals surface area contributed by atoms with Crippen LogP contribution in [0.3, 0.4) is 0 Å². The molecule has 150 valence electrons. The van der Waals surface area contributed by atoms with Gasteiger partial charge < -0.3 is 15.1 Å². The van der Waals surface area contributed by atoms with Gasteiger partial charge in [0.1, 0.15) is 16.5 Å². The van der Waals surface area contributed by atoms with Crippen molar-refractivity contribution in [3.63, 3.8) is 0 Å². The first-order chi connectivity index (χ1) is 14.2. The average Bonchev–Trinajstić information content (AvgIpc) is 3.12. The van der Waals surface area contributed by atoms with E-state index in [1.54, 1.807) is 0 Å². The number of benzene rings is 1. The summed E-state index contributed by atoms with van der Waals surface area (Å²) >= 11 is 7.53. The van der Waals surface area contributed by atoms with Gasteiger partial charge in [0.2, 0.25) is 0 Å². The average molecular weight is 424 g/mol. The molecule has 1 N–H and O–H groups in total. The molecule has 0 radical (unpaired) electrons. The molecular formula is C22H25N5S2. The Bertz CT molecular complexity index is 1040. The van der Waals surface area contributed by atoms with E-state index >= 15 is 0 Å². The molecule has 5 nitrogen and oxygen atoms in total. The predicted octanol–water partition coefficient (Wildman–Crippen LogP) is 4.40. The maximum atomic E-state index is 5.65. The molecule has 0 unspecified atom stereocenters. The highest BCUT2D eigenvalue weighted by atomic mass is 32.1. The molecule has 5 rings (SSSR count). The predicted molar refractivity (Wildman–Crippen MR) is 125 cm³/mol. The monoisotopic (exact) mass is 423 g/mol. The Hall–Kier alpha value is -2.25. The van der Waals surface area contributed by atoms with E-state index in [-0.39, 0.29) is 0 Å². The summed E-state index contributed by atoms with van der Waals surface area (Å²) in [5.74, 6) is 2.00. The van der Waals surface area contributed by atoms with Crippen LogP contribution in [0.25, 0.3) is 10.2 Å². The van der Waals surface area contributed by atoms with Gasteiger partial charge in [-0.25, -0.2) is 9.97 Å². The van der Waals surface area contributed by atoms with Crippen LogP contribution in [0, 0.1) is 6.92 Å². The Labute approximate surface area is 180 Å². The quantitative estimate of drug-likeness (QED) is 0.617. The van der Waals surface area contributed by atoms with E-state index in [9.17, 15) is 0 Å². The van der Waals surface area contributed by atoms with Gasteiger partial charge in [-0.05, 0) is 62.5 Å². The maximum Gasteiger partial charge on any atom is 0.173 e. The molecule has 3 aromatic rings. The lowest BCUT2D eigenvalue weighted by Crippen LogP contribution is -2.50. The van der Waals surface area contributed by atoms with Crippen LogP contribution in [-0.2, 0) is 12.8 Å². The molecular weight excluding hydrogens is 398 g/mol. The summed E-state index contributed by atoms with van der Waals surface area (Å²) < 4.78 is 0. The van der Waals surface area contributed by atoms with E-state index in [4.69, 9.17) is 22.2 Å². The highest BCUT2D eigenvalue weighted by Crippen LogP contribution is 2.39. The normalized spacial score (nSPS) is 16.7. The third-order valence-electron chi connectivity index (χ3n) is 5.80. The zero-order chi connectivity index (χ0) is 19.8. The van der Waals surface area contributed by atoms with E-state index in [1.165, 1.54) is 46.3 Å². The summed E-state index contributed by atoms with van der Waals surface area (Å²) in [5, 5.41) is 5.47. The van der Waals surface area contributed by atoms with Crippen molar-refractivity contribution in [2.45, 2.75) is 32.6 Å². The Morgan fingerprint density at radius 2 is 1.79 bits per heavy atom. The minimum absolute atomic E-state index is 0.799. The number of aromatic nitrogens is 2. The van der Waals surface area contributed by atoms with Crippen LogP contribution in [0.2, 0.25) is 0 Å². The molecule has 0 atom stereocenters. The van der Waals surface area contributed by atoms with Crippen molar-refractivity contribution in [2.24, 2.45) is 0 Å². The summed E-state index contributed by atoms with van der Waals surface area (Å²) in [4.78, 5) is 17.0. The molecule has 1 aromatic carbocycles. The first-order valence-corrected chi connectivity index (χ1v) is 11.6. The zero-order valence-electron chi connectivity index (χ0n) is 16.6. The second-order valence-corrected chi connectivity index (χ2v) is 9.23.